The van der Waals surface area contributed by atoms with E-state index in [-0.39, 0.29) is 23.7 Å². The number of hydrogen-bond acceptors (Lipinski definition) is 3. The normalized spacial score (nSPS) is 17.7. The predicted octanol–water partition coefficient (Wildman–Crippen LogP) is 2.93. The van der Waals surface area contributed by atoms with Gasteiger partial charge in [0.1, 0.15) is 0 Å². The molecule has 0 aliphatic carbocycles. The van der Waals surface area contributed by atoms with Crippen LogP contribution in [0.15, 0.2) is 30.5 Å². The summed E-state index contributed by atoms with van der Waals surface area (Å²) in [5.74, 6) is 0.371. The van der Waals surface area contributed by atoms with Crippen LogP contribution in [0.25, 0.3) is 10.9 Å². The van der Waals surface area contributed by atoms with Crippen molar-refractivity contribution in [2.24, 2.45) is 5.92 Å². The molecular weight excluding hydrogens is 314 g/mol. The van der Waals surface area contributed by atoms with Crippen LogP contribution in [0, 0.1) is 5.92 Å². The molecule has 1 aliphatic heterocycles. The second-order valence-corrected chi connectivity index (χ2v) is 7.16. The van der Waals surface area contributed by atoms with E-state index >= 15 is 0 Å². The second kappa shape index (κ2) is 7.40. The standard InChI is InChI=1S/C20H27N3O2/c1-14(2)20(25)23-10-6-9-22(11-12-23)15(3)19(24)17-13-21-18-8-5-4-7-16(17)18/h4-5,7-8,13-15,21H,6,9-12H2,1-3H3/t15-/m1/s1. The van der Waals surface area contributed by atoms with Crippen LogP contribution in [0.1, 0.15) is 37.6 Å². The van der Waals surface area contributed by atoms with Crippen molar-refractivity contribution < 1.29 is 9.59 Å². The second-order valence-electron chi connectivity index (χ2n) is 7.16. The number of Topliss-reactive ketones (excluding diaryl/α,β-unsaturated/α-hetero) is 1. The third kappa shape index (κ3) is 3.61. The van der Waals surface area contributed by atoms with Crippen molar-refractivity contribution in [3.63, 3.8) is 0 Å². The Morgan fingerprint density at radius 3 is 2.56 bits per heavy atom. The van der Waals surface area contributed by atoms with Crippen LogP contribution in [0.4, 0.5) is 0 Å². The van der Waals surface area contributed by atoms with Gasteiger partial charge in [0.05, 0.1) is 6.04 Å². The first-order chi connectivity index (χ1) is 12.0. The maximum atomic E-state index is 13.0. The van der Waals surface area contributed by atoms with Crippen LogP contribution in [0.2, 0.25) is 0 Å². The van der Waals surface area contributed by atoms with E-state index in [9.17, 15) is 9.59 Å². The molecule has 5 heteroatoms. The Kier molecular flexibility index (Phi) is 5.23. The number of carbonyl (C=O) groups excluding carboxylic acids is 2. The minimum absolute atomic E-state index is 0.0248. The average molecular weight is 341 g/mol. The van der Waals surface area contributed by atoms with Gasteiger partial charge in [-0.25, -0.2) is 0 Å². The van der Waals surface area contributed by atoms with Gasteiger partial charge in [-0.15, -0.1) is 0 Å². The van der Waals surface area contributed by atoms with Crippen LogP contribution in [-0.4, -0.2) is 58.7 Å². The van der Waals surface area contributed by atoms with Gasteiger partial charge in [-0.2, -0.15) is 0 Å². The number of carbonyl (C=O) groups is 2. The highest BCUT2D eigenvalue weighted by Gasteiger charge is 2.28. The molecule has 1 N–H and O–H groups in total. The van der Waals surface area contributed by atoms with Crippen LogP contribution < -0.4 is 0 Å². The lowest BCUT2D eigenvalue weighted by Crippen LogP contribution is -2.42. The maximum Gasteiger partial charge on any atom is 0.225 e. The van der Waals surface area contributed by atoms with Crippen molar-refractivity contribution in [3.8, 4) is 0 Å². The molecule has 0 bridgehead atoms. The number of benzene rings is 1. The van der Waals surface area contributed by atoms with Gasteiger partial charge in [-0.3, -0.25) is 14.5 Å². The monoisotopic (exact) mass is 341 g/mol. The van der Waals surface area contributed by atoms with Crippen LogP contribution in [-0.2, 0) is 4.79 Å². The zero-order valence-electron chi connectivity index (χ0n) is 15.3. The summed E-state index contributed by atoms with van der Waals surface area (Å²) in [6.45, 7) is 8.92. The van der Waals surface area contributed by atoms with Crippen molar-refractivity contribution in [2.45, 2.75) is 33.2 Å². The summed E-state index contributed by atoms with van der Waals surface area (Å²) in [4.78, 5) is 32.6. The van der Waals surface area contributed by atoms with Crippen molar-refractivity contribution in [1.82, 2.24) is 14.8 Å². The fourth-order valence-corrected chi connectivity index (χ4v) is 3.58. The summed E-state index contributed by atoms with van der Waals surface area (Å²) in [7, 11) is 0. The summed E-state index contributed by atoms with van der Waals surface area (Å²) >= 11 is 0. The Morgan fingerprint density at radius 1 is 1.04 bits per heavy atom. The molecule has 0 unspecified atom stereocenters. The summed E-state index contributed by atoms with van der Waals surface area (Å²) in [6.07, 6.45) is 2.72. The molecule has 1 atom stereocenters. The first kappa shape index (κ1) is 17.7. The molecule has 0 radical (unpaired) electrons. The topological polar surface area (TPSA) is 56.4 Å². The van der Waals surface area contributed by atoms with Gasteiger partial charge in [0.15, 0.2) is 5.78 Å². The van der Waals surface area contributed by atoms with Gasteiger partial charge in [-0.1, -0.05) is 32.0 Å². The number of H-pyrrole nitrogens is 1. The van der Waals surface area contributed by atoms with E-state index in [1.165, 1.54) is 0 Å². The molecule has 0 spiro atoms. The number of aromatic amines is 1. The summed E-state index contributed by atoms with van der Waals surface area (Å²) in [6, 6.07) is 7.70. The van der Waals surface area contributed by atoms with Crippen molar-refractivity contribution in [2.75, 3.05) is 26.2 Å². The van der Waals surface area contributed by atoms with Gasteiger partial charge in [0.25, 0.3) is 0 Å². The van der Waals surface area contributed by atoms with E-state index in [4.69, 9.17) is 0 Å². The van der Waals surface area contributed by atoms with Gasteiger partial charge < -0.3 is 9.88 Å². The SMILES string of the molecule is CC(C)C(=O)N1CCCN([C@H](C)C(=O)c2c[nH]c3ccccc23)CC1. The van der Waals surface area contributed by atoms with E-state index in [2.05, 4.69) is 9.88 Å². The van der Waals surface area contributed by atoms with E-state index in [1.54, 1.807) is 0 Å². The van der Waals surface area contributed by atoms with E-state index in [1.807, 2.05) is 56.1 Å². The van der Waals surface area contributed by atoms with Crippen LogP contribution in [0.5, 0.6) is 0 Å². The third-order valence-electron chi connectivity index (χ3n) is 5.12. The Morgan fingerprint density at radius 2 is 1.80 bits per heavy atom. The highest BCUT2D eigenvalue weighted by atomic mass is 16.2. The minimum Gasteiger partial charge on any atom is -0.360 e. The zero-order chi connectivity index (χ0) is 18.0. The Balaban J connectivity index is 1.71. The lowest BCUT2D eigenvalue weighted by atomic mass is 10.0. The maximum absolute atomic E-state index is 13.0. The van der Waals surface area contributed by atoms with Crippen molar-refractivity contribution in [1.29, 1.82) is 0 Å². The fraction of sp³-hybridized carbons (Fsp3) is 0.500. The van der Waals surface area contributed by atoms with Crippen molar-refractivity contribution in [3.05, 3.63) is 36.0 Å². The highest BCUT2D eigenvalue weighted by molar-refractivity contribution is 6.10. The number of ketones is 1. The highest BCUT2D eigenvalue weighted by Crippen LogP contribution is 2.21. The van der Waals surface area contributed by atoms with Gasteiger partial charge in [-0.05, 0) is 19.4 Å². The number of nitrogens with one attached hydrogen (secondary N) is 1. The Labute approximate surface area is 149 Å². The Bertz CT molecular complexity index is 765. The molecule has 5 nitrogen and oxygen atoms in total. The number of aromatic nitrogens is 1. The first-order valence-corrected chi connectivity index (χ1v) is 9.12. The lowest BCUT2D eigenvalue weighted by Gasteiger charge is -2.27. The number of hydrogen-bond donors (Lipinski definition) is 1. The molecule has 134 valence electrons. The van der Waals surface area contributed by atoms with E-state index in [0.717, 1.165) is 42.5 Å². The lowest BCUT2D eigenvalue weighted by molar-refractivity contribution is -0.134. The third-order valence-corrected chi connectivity index (χ3v) is 5.12. The van der Waals surface area contributed by atoms with E-state index < -0.39 is 0 Å². The fourth-order valence-electron chi connectivity index (χ4n) is 3.58. The summed E-state index contributed by atoms with van der Waals surface area (Å²) in [5, 5.41) is 0.978. The molecule has 1 fully saturated rings. The molecule has 1 aromatic carbocycles. The molecule has 25 heavy (non-hydrogen) atoms. The van der Waals surface area contributed by atoms with E-state index in [0.29, 0.717) is 6.54 Å². The molecule has 0 saturated carbocycles. The number of nitrogens with zero attached hydrogens (tertiary/aromatic N) is 2. The number of amides is 1. The van der Waals surface area contributed by atoms with Gasteiger partial charge >= 0.3 is 0 Å². The van der Waals surface area contributed by atoms with Crippen molar-refractivity contribution >= 4 is 22.6 Å². The van der Waals surface area contributed by atoms with Gasteiger partial charge in [0, 0.05) is 54.8 Å². The molecule has 1 amide bonds. The van der Waals surface area contributed by atoms with Crippen LogP contribution >= 0.6 is 0 Å². The molecular formula is C20H27N3O2. The molecule has 2 aromatic rings. The quantitative estimate of drug-likeness (QED) is 0.870. The Hall–Kier alpha value is -2.14. The summed E-state index contributed by atoms with van der Waals surface area (Å²) in [5.41, 5.74) is 1.74. The largest absolute Gasteiger partial charge is 0.360 e. The smallest absolute Gasteiger partial charge is 0.225 e. The molecule has 2 heterocycles. The van der Waals surface area contributed by atoms with Gasteiger partial charge in [0.2, 0.25) is 5.91 Å². The minimum atomic E-state index is -0.187. The molecule has 1 saturated heterocycles. The summed E-state index contributed by atoms with van der Waals surface area (Å²) < 4.78 is 0. The number of fused-ring (bicyclic) bond motifs is 1. The number of rotatable bonds is 4. The van der Waals surface area contributed by atoms with Crippen LogP contribution in [0.3, 0.4) is 0 Å². The average Bonchev–Trinajstić information content (AvgIpc) is 2.89. The molecule has 1 aromatic heterocycles. The molecule has 1 aliphatic rings. The number of para-hydroxylation sites is 1. The predicted molar refractivity (Wildman–Crippen MR) is 99.7 cm³/mol. The first-order valence-electron chi connectivity index (χ1n) is 9.12. The molecule has 3 rings (SSSR count). The zero-order valence-corrected chi connectivity index (χ0v) is 15.3.